The van der Waals surface area contributed by atoms with Crippen molar-refractivity contribution in [1.29, 1.82) is 0 Å². The summed E-state index contributed by atoms with van der Waals surface area (Å²) in [6.45, 7) is 1.96. The Kier molecular flexibility index (Phi) is 2.91. The number of hydrogen-bond acceptors (Lipinski definition) is 3. The Balaban J connectivity index is 2.38. The van der Waals surface area contributed by atoms with E-state index in [-0.39, 0.29) is 17.9 Å². The van der Waals surface area contributed by atoms with E-state index in [0.29, 0.717) is 11.3 Å². The van der Waals surface area contributed by atoms with Gasteiger partial charge < -0.3 is 5.73 Å². The second-order valence-corrected chi connectivity index (χ2v) is 3.87. The summed E-state index contributed by atoms with van der Waals surface area (Å²) < 4.78 is 14.3. The smallest absolute Gasteiger partial charge is 0.267 e. The fraction of sp³-hybridized carbons (Fsp3) is 0.167. The average molecular weight is 233 g/mol. The maximum absolute atomic E-state index is 13.1. The lowest BCUT2D eigenvalue weighted by Gasteiger charge is -2.07. The van der Waals surface area contributed by atoms with E-state index in [9.17, 15) is 9.18 Å². The molecule has 0 radical (unpaired) electrons. The molecule has 1 heterocycles. The number of rotatable bonds is 2. The molecule has 0 saturated heterocycles. The van der Waals surface area contributed by atoms with Crippen LogP contribution in [-0.4, -0.2) is 9.78 Å². The van der Waals surface area contributed by atoms with Gasteiger partial charge in [-0.1, -0.05) is 0 Å². The van der Waals surface area contributed by atoms with Gasteiger partial charge in [-0.25, -0.2) is 9.07 Å². The van der Waals surface area contributed by atoms with Crippen molar-refractivity contribution >= 4 is 5.69 Å². The summed E-state index contributed by atoms with van der Waals surface area (Å²) in [4.78, 5) is 11.6. The first-order valence-electron chi connectivity index (χ1n) is 5.14. The number of halogens is 1. The zero-order valence-electron chi connectivity index (χ0n) is 9.35. The van der Waals surface area contributed by atoms with Crippen LogP contribution < -0.4 is 11.3 Å². The molecule has 0 fully saturated rings. The summed E-state index contributed by atoms with van der Waals surface area (Å²) in [5, 5.41) is 3.97. The molecule has 0 aliphatic heterocycles. The van der Waals surface area contributed by atoms with Crippen LogP contribution in [0.3, 0.4) is 0 Å². The van der Waals surface area contributed by atoms with Gasteiger partial charge in [-0.15, -0.1) is 0 Å². The molecule has 5 heteroatoms. The molecule has 0 unspecified atom stereocenters. The van der Waals surface area contributed by atoms with Crippen LogP contribution in [-0.2, 0) is 6.54 Å². The predicted molar refractivity (Wildman–Crippen MR) is 63.1 cm³/mol. The van der Waals surface area contributed by atoms with Gasteiger partial charge in [0.1, 0.15) is 5.82 Å². The minimum absolute atomic E-state index is 0.169. The summed E-state index contributed by atoms with van der Waals surface area (Å²) in [7, 11) is 0. The largest absolute Gasteiger partial charge is 0.398 e. The minimum Gasteiger partial charge on any atom is -0.398 e. The van der Waals surface area contributed by atoms with Gasteiger partial charge in [0.25, 0.3) is 5.56 Å². The maximum Gasteiger partial charge on any atom is 0.267 e. The van der Waals surface area contributed by atoms with E-state index in [2.05, 4.69) is 5.10 Å². The molecule has 0 spiro atoms. The van der Waals surface area contributed by atoms with Gasteiger partial charge in [-0.2, -0.15) is 5.10 Å². The maximum atomic E-state index is 13.1. The van der Waals surface area contributed by atoms with Gasteiger partial charge in [-0.3, -0.25) is 4.79 Å². The zero-order valence-corrected chi connectivity index (χ0v) is 9.35. The van der Waals surface area contributed by atoms with Crippen molar-refractivity contribution in [3.05, 3.63) is 57.8 Å². The molecule has 0 saturated carbocycles. The molecule has 1 aromatic heterocycles. The van der Waals surface area contributed by atoms with E-state index >= 15 is 0 Å². The summed E-state index contributed by atoms with van der Waals surface area (Å²) >= 11 is 0. The highest BCUT2D eigenvalue weighted by molar-refractivity contribution is 5.46. The monoisotopic (exact) mass is 233 g/mol. The number of anilines is 1. The topological polar surface area (TPSA) is 60.9 Å². The minimum atomic E-state index is -0.380. The molecule has 2 aromatic rings. The van der Waals surface area contributed by atoms with Gasteiger partial charge in [0, 0.05) is 11.8 Å². The highest BCUT2D eigenvalue weighted by Crippen LogP contribution is 2.13. The summed E-state index contributed by atoms with van der Waals surface area (Å²) in [6, 6.07) is 5.54. The summed E-state index contributed by atoms with van der Waals surface area (Å²) in [6.07, 6.45) is 1.58. The number of nitrogens with two attached hydrogens (primary N) is 1. The van der Waals surface area contributed by atoms with E-state index in [1.807, 2.05) is 0 Å². The van der Waals surface area contributed by atoms with Gasteiger partial charge >= 0.3 is 0 Å². The summed E-state index contributed by atoms with van der Waals surface area (Å²) in [5.74, 6) is -0.380. The summed E-state index contributed by atoms with van der Waals surface area (Å²) in [5.41, 5.74) is 7.26. The molecular weight excluding hydrogens is 221 g/mol. The van der Waals surface area contributed by atoms with Crippen molar-refractivity contribution in [2.45, 2.75) is 13.5 Å². The fourth-order valence-electron chi connectivity index (χ4n) is 1.52. The third kappa shape index (κ3) is 2.50. The molecule has 17 heavy (non-hydrogen) atoms. The molecular formula is C12H12FN3O. The molecule has 0 amide bonds. The van der Waals surface area contributed by atoms with Gasteiger partial charge in [0.05, 0.1) is 12.7 Å². The number of benzene rings is 1. The van der Waals surface area contributed by atoms with Crippen molar-refractivity contribution in [2.24, 2.45) is 0 Å². The molecule has 0 atom stereocenters. The Morgan fingerprint density at radius 3 is 2.88 bits per heavy atom. The molecule has 0 aliphatic carbocycles. The van der Waals surface area contributed by atoms with Crippen LogP contribution in [0.25, 0.3) is 0 Å². The average Bonchev–Trinajstić information content (AvgIpc) is 2.27. The second kappa shape index (κ2) is 4.37. The molecule has 0 aliphatic rings. The molecule has 2 rings (SSSR count). The van der Waals surface area contributed by atoms with E-state index in [1.165, 1.54) is 28.9 Å². The number of aromatic nitrogens is 2. The van der Waals surface area contributed by atoms with Gasteiger partial charge in [0.15, 0.2) is 0 Å². The second-order valence-electron chi connectivity index (χ2n) is 3.87. The Labute approximate surface area is 97.5 Å². The van der Waals surface area contributed by atoms with Crippen LogP contribution in [0, 0.1) is 12.7 Å². The predicted octanol–water partition coefficient (Wildman–Crippen LogP) is 1.32. The van der Waals surface area contributed by atoms with Gasteiger partial charge in [0.2, 0.25) is 0 Å². The number of nitrogens with zero attached hydrogens (tertiary/aromatic N) is 2. The Bertz CT molecular complexity index is 607. The van der Waals surface area contributed by atoms with E-state index < -0.39 is 0 Å². The Morgan fingerprint density at radius 2 is 2.18 bits per heavy atom. The van der Waals surface area contributed by atoms with Crippen molar-refractivity contribution in [1.82, 2.24) is 9.78 Å². The lowest BCUT2D eigenvalue weighted by atomic mass is 10.2. The normalized spacial score (nSPS) is 10.5. The quantitative estimate of drug-likeness (QED) is 0.796. The lowest BCUT2D eigenvalue weighted by molar-refractivity contribution is 0.610. The first-order valence-corrected chi connectivity index (χ1v) is 5.14. The molecule has 0 bridgehead atoms. The third-order valence-electron chi connectivity index (χ3n) is 2.43. The first-order chi connectivity index (χ1) is 8.06. The van der Waals surface area contributed by atoms with Crippen LogP contribution in [0.15, 0.2) is 35.3 Å². The number of hydrogen-bond donors (Lipinski definition) is 1. The zero-order chi connectivity index (χ0) is 12.4. The Hall–Kier alpha value is -2.17. The third-order valence-corrected chi connectivity index (χ3v) is 2.43. The van der Waals surface area contributed by atoms with Crippen LogP contribution in [0.2, 0.25) is 0 Å². The first kappa shape index (κ1) is 11.3. The van der Waals surface area contributed by atoms with Crippen molar-refractivity contribution in [2.75, 3.05) is 5.73 Å². The van der Waals surface area contributed by atoms with Crippen LogP contribution in [0.5, 0.6) is 0 Å². The van der Waals surface area contributed by atoms with E-state index in [0.717, 1.165) is 5.56 Å². The van der Waals surface area contributed by atoms with Crippen molar-refractivity contribution in [3.63, 3.8) is 0 Å². The van der Waals surface area contributed by atoms with Gasteiger partial charge in [-0.05, 0) is 36.2 Å². The highest BCUT2D eigenvalue weighted by Gasteiger charge is 2.04. The number of nitrogen functional groups attached to an aromatic ring is 1. The molecule has 1 aromatic carbocycles. The Morgan fingerprint density at radius 1 is 1.41 bits per heavy atom. The molecule has 2 N–H and O–H groups in total. The van der Waals surface area contributed by atoms with Crippen molar-refractivity contribution in [3.8, 4) is 0 Å². The van der Waals surface area contributed by atoms with Crippen LogP contribution in [0.4, 0.5) is 10.1 Å². The van der Waals surface area contributed by atoms with E-state index in [4.69, 9.17) is 5.73 Å². The van der Waals surface area contributed by atoms with Crippen LogP contribution in [0.1, 0.15) is 11.1 Å². The molecule has 88 valence electrons. The lowest BCUT2D eigenvalue weighted by Crippen LogP contribution is -2.23. The highest BCUT2D eigenvalue weighted by atomic mass is 19.1. The van der Waals surface area contributed by atoms with E-state index in [1.54, 1.807) is 13.1 Å². The standard InChI is InChI=1S/C12H12FN3O/c1-8-4-12(17)16(15-6-8)7-9-5-10(13)2-3-11(9)14/h2-6H,7,14H2,1H3. The SMILES string of the molecule is Cc1cnn(Cc2cc(F)ccc2N)c(=O)c1. The van der Waals surface area contributed by atoms with Crippen molar-refractivity contribution < 1.29 is 4.39 Å². The van der Waals surface area contributed by atoms with Crippen LogP contribution >= 0.6 is 0 Å². The molecule has 4 nitrogen and oxygen atoms in total. The fourth-order valence-corrected chi connectivity index (χ4v) is 1.52. The number of aryl methyl sites for hydroxylation is 1.